The minimum atomic E-state index is -4.66. The first-order valence-electron chi connectivity index (χ1n) is 6.34. The Kier molecular flexibility index (Phi) is 4.06. The monoisotopic (exact) mass is 289 g/mol. The molecular weight excluding hydrogens is 275 g/mol. The quantitative estimate of drug-likeness (QED) is 0.795. The van der Waals surface area contributed by atoms with Crippen molar-refractivity contribution < 1.29 is 13.2 Å². The third kappa shape index (κ3) is 3.26. The van der Waals surface area contributed by atoms with Crippen molar-refractivity contribution in [3.63, 3.8) is 0 Å². The van der Waals surface area contributed by atoms with Crippen LogP contribution < -0.4 is 5.73 Å². The Hall–Kier alpha value is -2.25. The number of halogens is 3. The minimum absolute atomic E-state index is 0.0721. The lowest BCUT2D eigenvalue weighted by atomic mass is 9.90. The molecule has 21 heavy (non-hydrogen) atoms. The van der Waals surface area contributed by atoms with E-state index in [-0.39, 0.29) is 5.56 Å². The lowest BCUT2D eigenvalue weighted by Gasteiger charge is -2.26. The third-order valence-corrected chi connectivity index (χ3v) is 3.13. The average molecular weight is 289 g/mol. The predicted molar refractivity (Wildman–Crippen MR) is 76.4 cm³/mol. The summed E-state index contributed by atoms with van der Waals surface area (Å²) in [4.78, 5) is 0. The summed E-state index contributed by atoms with van der Waals surface area (Å²) in [6.45, 7) is 1.89. The lowest BCUT2D eigenvalue weighted by molar-refractivity contribution is -0.171. The van der Waals surface area contributed by atoms with Crippen molar-refractivity contribution in [2.24, 2.45) is 5.73 Å². The first kappa shape index (κ1) is 15.1. The molecule has 108 valence electrons. The maximum Gasteiger partial charge on any atom is 0.422 e. The van der Waals surface area contributed by atoms with Crippen LogP contribution in [0, 0.1) is 18.8 Å². The number of aryl methyl sites for hydroxylation is 1. The van der Waals surface area contributed by atoms with Gasteiger partial charge < -0.3 is 5.73 Å². The normalized spacial score (nSPS) is 14.0. The van der Waals surface area contributed by atoms with Crippen molar-refractivity contribution in [2.75, 3.05) is 0 Å². The minimum Gasteiger partial charge on any atom is -0.304 e. The highest BCUT2D eigenvalue weighted by Crippen LogP contribution is 2.36. The summed E-state index contributed by atoms with van der Waals surface area (Å²) in [6.07, 6.45) is -4.66. The molecule has 2 rings (SSSR count). The van der Waals surface area contributed by atoms with Gasteiger partial charge in [-0.2, -0.15) is 13.2 Å². The van der Waals surface area contributed by atoms with Crippen LogP contribution in [0.15, 0.2) is 54.6 Å². The van der Waals surface area contributed by atoms with Gasteiger partial charge in [0.05, 0.1) is 0 Å². The van der Waals surface area contributed by atoms with Crippen LogP contribution in [0.3, 0.4) is 0 Å². The number of hydrogen-bond acceptors (Lipinski definition) is 1. The van der Waals surface area contributed by atoms with Gasteiger partial charge in [0.15, 0.2) is 5.54 Å². The molecule has 0 saturated heterocycles. The number of rotatable bonds is 1. The zero-order chi connectivity index (χ0) is 15.5. The van der Waals surface area contributed by atoms with Crippen LogP contribution in [-0.4, -0.2) is 6.18 Å². The molecule has 2 aromatic carbocycles. The summed E-state index contributed by atoms with van der Waals surface area (Å²) >= 11 is 0. The maximum absolute atomic E-state index is 13.3. The van der Waals surface area contributed by atoms with E-state index in [4.69, 9.17) is 5.73 Å². The summed E-state index contributed by atoms with van der Waals surface area (Å²) in [5.41, 5.74) is 4.33. The smallest absolute Gasteiger partial charge is 0.304 e. The van der Waals surface area contributed by atoms with Crippen LogP contribution in [-0.2, 0) is 5.54 Å². The first-order chi connectivity index (χ1) is 9.83. The first-order valence-corrected chi connectivity index (χ1v) is 6.34. The van der Waals surface area contributed by atoms with E-state index in [1.807, 2.05) is 6.92 Å². The molecular formula is C17H14F3N. The largest absolute Gasteiger partial charge is 0.422 e. The standard InChI is InChI=1S/C17H14F3N/c1-13-7-9-14(10-8-13)11-12-16(21,17(18,19)20)15-5-3-2-4-6-15/h2-10H,21H2,1H3. The molecule has 0 aliphatic heterocycles. The molecule has 2 aromatic rings. The van der Waals surface area contributed by atoms with Gasteiger partial charge in [0, 0.05) is 5.56 Å². The molecule has 0 fully saturated rings. The topological polar surface area (TPSA) is 26.0 Å². The van der Waals surface area contributed by atoms with Crippen LogP contribution in [0.4, 0.5) is 13.2 Å². The van der Waals surface area contributed by atoms with E-state index in [0.29, 0.717) is 5.56 Å². The van der Waals surface area contributed by atoms with E-state index in [2.05, 4.69) is 11.8 Å². The second-order valence-corrected chi connectivity index (χ2v) is 4.79. The molecule has 0 amide bonds. The van der Waals surface area contributed by atoms with Crippen molar-refractivity contribution in [2.45, 2.75) is 18.6 Å². The molecule has 0 aliphatic rings. The van der Waals surface area contributed by atoms with Crippen LogP contribution in [0.1, 0.15) is 16.7 Å². The number of benzene rings is 2. The SMILES string of the molecule is Cc1ccc(C#CC(N)(c2ccccc2)C(F)(F)F)cc1. The molecule has 2 N–H and O–H groups in total. The van der Waals surface area contributed by atoms with Gasteiger partial charge in [0.2, 0.25) is 0 Å². The summed E-state index contributed by atoms with van der Waals surface area (Å²) in [5, 5.41) is 0. The summed E-state index contributed by atoms with van der Waals surface area (Å²) < 4.78 is 40.0. The summed E-state index contributed by atoms with van der Waals surface area (Å²) in [5.74, 6) is 4.71. The highest BCUT2D eigenvalue weighted by Gasteiger charge is 2.52. The molecule has 0 saturated carbocycles. The van der Waals surface area contributed by atoms with E-state index >= 15 is 0 Å². The second kappa shape index (κ2) is 5.63. The van der Waals surface area contributed by atoms with Crippen molar-refractivity contribution in [1.82, 2.24) is 0 Å². The fourth-order valence-corrected chi connectivity index (χ4v) is 1.82. The van der Waals surface area contributed by atoms with Crippen molar-refractivity contribution >= 4 is 0 Å². The van der Waals surface area contributed by atoms with Gasteiger partial charge in [-0.3, -0.25) is 0 Å². The number of nitrogens with two attached hydrogens (primary N) is 1. The maximum atomic E-state index is 13.3. The molecule has 0 spiro atoms. The molecule has 1 atom stereocenters. The zero-order valence-electron chi connectivity index (χ0n) is 11.4. The molecule has 1 unspecified atom stereocenters. The van der Waals surface area contributed by atoms with Crippen LogP contribution in [0.25, 0.3) is 0 Å². The fraction of sp³-hybridized carbons (Fsp3) is 0.176. The Morgan fingerprint density at radius 3 is 2.00 bits per heavy atom. The van der Waals surface area contributed by atoms with Gasteiger partial charge in [-0.1, -0.05) is 59.9 Å². The van der Waals surface area contributed by atoms with Gasteiger partial charge in [-0.05, 0) is 24.6 Å². The zero-order valence-corrected chi connectivity index (χ0v) is 11.4. The van der Waals surface area contributed by atoms with E-state index in [1.54, 1.807) is 30.3 Å². The highest BCUT2D eigenvalue weighted by molar-refractivity contribution is 5.43. The Bertz CT molecular complexity index is 663. The average Bonchev–Trinajstić information content (AvgIpc) is 2.46. The van der Waals surface area contributed by atoms with E-state index in [0.717, 1.165) is 5.56 Å². The van der Waals surface area contributed by atoms with Crippen molar-refractivity contribution in [3.05, 3.63) is 71.3 Å². The van der Waals surface area contributed by atoms with E-state index < -0.39 is 11.7 Å². The lowest BCUT2D eigenvalue weighted by Crippen LogP contribution is -2.49. The van der Waals surface area contributed by atoms with Crippen LogP contribution in [0.5, 0.6) is 0 Å². The van der Waals surface area contributed by atoms with Crippen molar-refractivity contribution in [1.29, 1.82) is 0 Å². The van der Waals surface area contributed by atoms with Gasteiger partial charge in [-0.25, -0.2) is 0 Å². The van der Waals surface area contributed by atoms with Gasteiger partial charge in [0.25, 0.3) is 0 Å². The van der Waals surface area contributed by atoms with E-state index in [9.17, 15) is 13.2 Å². The summed E-state index contributed by atoms with van der Waals surface area (Å²) in [7, 11) is 0. The van der Waals surface area contributed by atoms with Gasteiger partial charge >= 0.3 is 6.18 Å². The van der Waals surface area contributed by atoms with Crippen molar-refractivity contribution in [3.8, 4) is 11.8 Å². The predicted octanol–water partition coefficient (Wildman–Crippen LogP) is 3.76. The molecule has 0 radical (unpaired) electrons. The second-order valence-electron chi connectivity index (χ2n) is 4.79. The molecule has 0 aromatic heterocycles. The number of hydrogen-bond donors (Lipinski definition) is 1. The van der Waals surface area contributed by atoms with Gasteiger partial charge in [-0.15, -0.1) is 0 Å². The third-order valence-electron chi connectivity index (χ3n) is 3.13. The molecule has 4 heteroatoms. The van der Waals surface area contributed by atoms with Crippen LogP contribution in [0.2, 0.25) is 0 Å². The fourth-order valence-electron chi connectivity index (χ4n) is 1.82. The summed E-state index contributed by atoms with van der Waals surface area (Å²) in [6, 6.07) is 14.2. The Morgan fingerprint density at radius 1 is 0.905 bits per heavy atom. The van der Waals surface area contributed by atoms with Crippen LogP contribution >= 0.6 is 0 Å². The molecule has 1 nitrogen and oxygen atoms in total. The molecule has 0 aliphatic carbocycles. The number of alkyl halides is 3. The Morgan fingerprint density at radius 2 is 1.48 bits per heavy atom. The van der Waals surface area contributed by atoms with E-state index in [1.165, 1.54) is 24.3 Å². The molecule has 0 bridgehead atoms. The molecule has 0 heterocycles. The highest BCUT2D eigenvalue weighted by atomic mass is 19.4. The van der Waals surface area contributed by atoms with Gasteiger partial charge in [0.1, 0.15) is 0 Å². The Labute approximate surface area is 121 Å². The Balaban J connectivity index is 2.46.